The van der Waals surface area contributed by atoms with E-state index in [0.29, 0.717) is 6.54 Å². The van der Waals surface area contributed by atoms with Crippen LogP contribution in [0.5, 0.6) is 0 Å². The monoisotopic (exact) mass is 295 g/mol. The molecule has 1 unspecified atom stereocenters. The number of nitrogens with one attached hydrogen (secondary N) is 3. The maximum Gasteiger partial charge on any atom is 0.239 e. The molecule has 0 bridgehead atoms. The van der Waals surface area contributed by atoms with Gasteiger partial charge < -0.3 is 16.0 Å². The molecule has 1 amide bonds. The van der Waals surface area contributed by atoms with Gasteiger partial charge in [-0.15, -0.1) is 0 Å². The zero-order valence-electron chi connectivity index (χ0n) is 12.5. The highest BCUT2D eigenvalue weighted by Crippen LogP contribution is 2.21. The van der Waals surface area contributed by atoms with Gasteiger partial charge in [0, 0.05) is 19.6 Å². The van der Waals surface area contributed by atoms with Crippen molar-refractivity contribution in [2.45, 2.75) is 12.1 Å². The van der Waals surface area contributed by atoms with Gasteiger partial charge in [0.2, 0.25) is 5.91 Å². The van der Waals surface area contributed by atoms with Crippen LogP contribution < -0.4 is 16.0 Å². The summed E-state index contributed by atoms with van der Waals surface area (Å²) >= 11 is 0. The molecule has 1 fully saturated rings. The van der Waals surface area contributed by atoms with Crippen molar-refractivity contribution in [3.8, 4) is 0 Å². The van der Waals surface area contributed by atoms with Gasteiger partial charge in [-0.2, -0.15) is 0 Å². The molecule has 4 heteroatoms. The van der Waals surface area contributed by atoms with Crippen molar-refractivity contribution in [3.63, 3.8) is 0 Å². The lowest BCUT2D eigenvalue weighted by molar-refractivity contribution is -0.123. The van der Waals surface area contributed by atoms with E-state index in [0.717, 1.165) is 24.2 Å². The van der Waals surface area contributed by atoms with Crippen LogP contribution in [0, 0.1) is 0 Å². The first-order valence-corrected chi connectivity index (χ1v) is 7.69. The first-order valence-electron chi connectivity index (χ1n) is 7.69. The van der Waals surface area contributed by atoms with Crippen molar-refractivity contribution < 1.29 is 4.79 Å². The Morgan fingerprint density at radius 2 is 1.55 bits per heavy atom. The molecule has 1 atom stereocenters. The number of carbonyl (C=O) groups excluding carboxylic acids is 1. The van der Waals surface area contributed by atoms with E-state index in [1.54, 1.807) is 0 Å². The summed E-state index contributed by atoms with van der Waals surface area (Å²) in [6, 6.07) is 19.8. The lowest BCUT2D eigenvalue weighted by atomic mass is 9.98. The second kappa shape index (κ2) is 7.20. The number of benzene rings is 2. The summed E-state index contributed by atoms with van der Waals surface area (Å²) in [6.07, 6.45) is 0. The van der Waals surface area contributed by atoms with Crippen LogP contribution in [-0.2, 0) is 4.79 Å². The molecule has 22 heavy (non-hydrogen) atoms. The quantitative estimate of drug-likeness (QED) is 0.800. The normalized spacial score (nSPS) is 18.1. The summed E-state index contributed by atoms with van der Waals surface area (Å²) in [5, 5.41) is 9.68. The lowest BCUT2D eigenvalue weighted by Crippen LogP contribution is -2.56. The van der Waals surface area contributed by atoms with Gasteiger partial charge in [0.25, 0.3) is 0 Å². The van der Waals surface area contributed by atoms with Gasteiger partial charge in [0.1, 0.15) is 0 Å². The summed E-state index contributed by atoms with van der Waals surface area (Å²) in [4.78, 5) is 12.5. The highest BCUT2D eigenvalue weighted by atomic mass is 16.2. The number of piperazine rings is 1. The molecule has 2 aromatic rings. The van der Waals surface area contributed by atoms with Crippen molar-refractivity contribution in [1.29, 1.82) is 0 Å². The zero-order chi connectivity index (χ0) is 15.2. The standard InChI is InChI=1S/C18H21N3O/c22-18(16-13-19-11-12-20-16)21-17(14-7-3-1-4-8-14)15-9-5-2-6-10-15/h1-10,16-17,19-20H,11-13H2,(H,21,22). The zero-order valence-corrected chi connectivity index (χ0v) is 12.5. The Kier molecular flexibility index (Phi) is 4.83. The topological polar surface area (TPSA) is 53.2 Å². The van der Waals surface area contributed by atoms with Gasteiger partial charge in [0.05, 0.1) is 12.1 Å². The molecule has 0 aliphatic carbocycles. The molecule has 114 valence electrons. The number of hydrogen-bond donors (Lipinski definition) is 3. The Hall–Kier alpha value is -2.17. The van der Waals surface area contributed by atoms with Crippen LogP contribution in [-0.4, -0.2) is 31.6 Å². The highest BCUT2D eigenvalue weighted by Gasteiger charge is 2.24. The third-order valence-corrected chi connectivity index (χ3v) is 3.91. The van der Waals surface area contributed by atoms with E-state index in [9.17, 15) is 4.79 Å². The molecule has 1 heterocycles. The fourth-order valence-corrected chi connectivity index (χ4v) is 2.73. The summed E-state index contributed by atoms with van der Waals surface area (Å²) in [5.41, 5.74) is 2.18. The molecule has 1 saturated heterocycles. The summed E-state index contributed by atoms with van der Waals surface area (Å²) < 4.78 is 0. The largest absolute Gasteiger partial charge is 0.344 e. The molecule has 2 aromatic carbocycles. The minimum Gasteiger partial charge on any atom is -0.344 e. The van der Waals surface area contributed by atoms with Crippen LogP contribution in [0.1, 0.15) is 17.2 Å². The van der Waals surface area contributed by atoms with Crippen molar-refractivity contribution in [3.05, 3.63) is 71.8 Å². The van der Waals surface area contributed by atoms with E-state index in [2.05, 4.69) is 16.0 Å². The van der Waals surface area contributed by atoms with E-state index in [-0.39, 0.29) is 18.0 Å². The average molecular weight is 295 g/mol. The Morgan fingerprint density at radius 3 is 2.05 bits per heavy atom. The smallest absolute Gasteiger partial charge is 0.239 e. The molecule has 0 radical (unpaired) electrons. The molecule has 1 aliphatic rings. The molecule has 1 aliphatic heterocycles. The fourth-order valence-electron chi connectivity index (χ4n) is 2.73. The first kappa shape index (κ1) is 14.8. The van der Waals surface area contributed by atoms with Gasteiger partial charge in [0.15, 0.2) is 0 Å². The highest BCUT2D eigenvalue weighted by molar-refractivity contribution is 5.83. The van der Waals surface area contributed by atoms with E-state index in [1.807, 2.05) is 60.7 Å². The Bertz CT molecular complexity index is 555. The van der Waals surface area contributed by atoms with Crippen LogP contribution >= 0.6 is 0 Å². The van der Waals surface area contributed by atoms with Crippen molar-refractivity contribution >= 4 is 5.91 Å². The molecule has 4 nitrogen and oxygen atoms in total. The van der Waals surface area contributed by atoms with Crippen LogP contribution in [0.15, 0.2) is 60.7 Å². The fraction of sp³-hybridized carbons (Fsp3) is 0.278. The molecule has 3 rings (SSSR count). The molecule has 3 N–H and O–H groups in total. The number of carbonyl (C=O) groups is 1. The maximum atomic E-state index is 12.5. The van der Waals surface area contributed by atoms with Crippen molar-refractivity contribution in [1.82, 2.24) is 16.0 Å². The molecule has 0 saturated carbocycles. The number of rotatable bonds is 4. The first-order chi connectivity index (χ1) is 10.8. The van der Waals surface area contributed by atoms with Crippen molar-refractivity contribution in [2.24, 2.45) is 0 Å². The van der Waals surface area contributed by atoms with Gasteiger partial charge >= 0.3 is 0 Å². The molecular formula is C18H21N3O. The van der Waals surface area contributed by atoms with E-state index >= 15 is 0 Å². The van der Waals surface area contributed by atoms with Crippen molar-refractivity contribution in [2.75, 3.05) is 19.6 Å². The average Bonchev–Trinajstić information content (AvgIpc) is 2.62. The molecule has 0 spiro atoms. The third kappa shape index (κ3) is 3.53. The van der Waals surface area contributed by atoms with Crippen LogP contribution in [0.2, 0.25) is 0 Å². The van der Waals surface area contributed by atoms with Gasteiger partial charge in [-0.05, 0) is 11.1 Å². The molecular weight excluding hydrogens is 274 g/mol. The number of hydrogen-bond acceptors (Lipinski definition) is 3. The summed E-state index contributed by atoms with van der Waals surface area (Å²) in [7, 11) is 0. The lowest BCUT2D eigenvalue weighted by Gasteiger charge is -2.27. The Balaban J connectivity index is 1.81. The van der Waals surface area contributed by atoms with E-state index in [4.69, 9.17) is 0 Å². The predicted molar refractivity (Wildman–Crippen MR) is 87.5 cm³/mol. The Morgan fingerprint density at radius 1 is 0.955 bits per heavy atom. The minimum atomic E-state index is -0.177. The second-order valence-electron chi connectivity index (χ2n) is 5.47. The van der Waals surface area contributed by atoms with Crippen LogP contribution in [0.25, 0.3) is 0 Å². The summed E-state index contributed by atoms with van der Waals surface area (Å²) in [6.45, 7) is 2.39. The third-order valence-electron chi connectivity index (χ3n) is 3.91. The van der Waals surface area contributed by atoms with Gasteiger partial charge in [-0.1, -0.05) is 60.7 Å². The van der Waals surface area contributed by atoms with E-state index in [1.165, 1.54) is 0 Å². The number of amides is 1. The van der Waals surface area contributed by atoms with Gasteiger partial charge in [-0.3, -0.25) is 4.79 Å². The van der Waals surface area contributed by atoms with Gasteiger partial charge in [-0.25, -0.2) is 0 Å². The van der Waals surface area contributed by atoms with Crippen LogP contribution in [0.3, 0.4) is 0 Å². The maximum absolute atomic E-state index is 12.5. The minimum absolute atomic E-state index is 0.0323. The van der Waals surface area contributed by atoms with Crippen LogP contribution in [0.4, 0.5) is 0 Å². The summed E-state index contributed by atoms with van der Waals surface area (Å²) in [5.74, 6) is 0.0323. The molecule has 0 aromatic heterocycles. The second-order valence-corrected chi connectivity index (χ2v) is 5.47. The SMILES string of the molecule is O=C(NC(c1ccccc1)c1ccccc1)C1CNCCN1. The van der Waals surface area contributed by atoms with E-state index < -0.39 is 0 Å². The predicted octanol–water partition coefficient (Wildman–Crippen LogP) is 1.45. The Labute approximate surface area is 130 Å².